The maximum atomic E-state index is 10.0. The van der Waals surface area contributed by atoms with Crippen molar-refractivity contribution in [1.82, 2.24) is 0 Å². The minimum Gasteiger partial charge on any atom is -0.393 e. The summed E-state index contributed by atoms with van der Waals surface area (Å²) in [5, 5.41) is 10.0. The quantitative estimate of drug-likeness (QED) is 0.701. The summed E-state index contributed by atoms with van der Waals surface area (Å²) >= 11 is 0. The van der Waals surface area contributed by atoms with E-state index in [1.165, 1.54) is 0 Å². The summed E-state index contributed by atoms with van der Waals surface area (Å²) in [6, 6.07) is 0. The first-order valence-electron chi connectivity index (χ1n) is 5.70. The molecule has 14 heavy (non-hydrogen) atoms. The highest BCUT2D eigenvalue weighted by atomic mass is 16.5. The molecule has 0 aromatic heterocycles. The molecule has 1 heterocycles. The van der Waals surface area contributed by atoms with Gasteiger partial charge < -0.3 is 9.84 Å². The van der Waals surface area contributed by atoms with Gasteiger partial charge in [0.05, 0.1) is 18.8 Å². The van der Waals surface area contributed by atoms with Gasteiger partial charge in [0.15, 0.2) is 0 Å². The van der Waals surface area contributed by atoms with E-state index in [9.17, 15) is 5.11 Å². The molecule has 0 bridgehead atoms. The van der Waals surface area contributed by atoms with Gasteiger partial charge in [-0.3, -0.25) is 0 Å². The molecule has 80 valence electrons. The molecule has 3 atom stereocenters. The first kappa shape index (κ1) is 10.2. The van der Waals surface area contributed by atoms with Gasteiger partial charge in [-0.1, -0.05) is 12.2 Å². The summed E-state index contributed by atoms with van der Waals surface area (Å²) in [4.78, 5) is 0. The Morgan fingerprint density at radius 3 is 2.71 bits per heavy atom. The zero-order valence-electron chi connectivity index (χ0n) is 8.86. The highest BCUT2D eigenvalue weighted by Gasteiger charge is 2.29. The Kier molecular flexibility index (Phi) is 3.24. The molecule has 2 rings (SSSR count). The van der Waals surface area contributed by atoms with E-state index in [4.69, 9.17) is 4.74 Å². The lowest BCUT2D eigenvalue weighted by Gasteiger charge is -2.19. The van der Waals surface area contributed by atoms with Crippen LogP contribution in [0.25, 0.3) is 0 Å². The molecule has 1 aliphatic carbocycles. The maximum Gasteiger partial charge on any atom is 0.0594 e. The fraction of sp³-hybridized carbons (Fsp3) is 0.833. The van der Waals surface area contributed by atoms with Crippen LogP contribution >= 0.6 is 0 Å². The minimum absolute atomic E-state index is 0.148. The molecule has 3 unspecified atom stereocenters. The predicted molar refractivity (Wildman–Crippen MR) is 56.0 cm³/mol. The normalized spacial score (nSPS) is 35.3. The van der Waals surface area contributed by atoms with Gasteiger partial charge in [0, 0.05) is 5.92 Å². The van der Waals surface area contributed by atoms with Gasteiger partial charge >= 0.3 is 0 Å². The Morgan fingerprint density at radius 2 is 2.14 bits per heavy atom. The van der Waals surface area contributed by atoms with Crippen LogP contribution in [0.3, 0.4) is 0 Å². The Morgan fingerprint density at radius 1 is 1.43 bits per heavy atom. The fourth-order valence-electron chi connectivity index (χ4n) is 2.52. The van der Waals surface area contributed by atoms with E-state index in [0.717, 1.165) is 32.3 Å². The van der Waals surface area contributed by atoms with Crippen molar-refractivity contribution in [3.63, 3.8) is 0 Å². The van der Waals surface area contributed by atoms with Crippen molar-refractivity contribution in [2.45, 2.75) is 44.8 Å². The van der Waals surface area contributed by atoms with Crippen molar-refractivity contribution in [2.24, 2.45) is 11.8 Å². The second kappa shape index (κ2) is 4.45. The van der Waals surface area contributed by atoms with E-state index in [2.05, 4.69) is 19.1 Å². The van der Waals surface area contributed by atoms with Crippen molar-refractivity contribution in [1.29, 1.82) is 0 Å². The largest absolute Gasteiger partial charge is 0.393 e. The van der Waals surface area contributed by atoms with Crippen LogP contribution in [0.2, 0.25) is 0 Å². The SMILES string of the molecule is CC1CC(C(O)CC2CC=CC2)CO1. The van der Waals surface area contributed by atoms with Crippen molar-refractivity contribution in [2.75, 3.05) is 6.61 Å². The van der Waals surface area contributed by atoms with Gasteiger partial charge in [0.25, 0.3) is 0 Å². The number of hydrogen-bond donors (Lipinski definition) is 1. The lowest BCUT2D eigenvalue weighted by molar-refractivity contribution is 0.0658. The predicted octanol–water partition coefficient (Wildman–Crippen LogP) is 2.13. The van der Waals surface area contributed by atoms with Gasteiger partial charge in [-0.2, -0.15) is 0 Å². The average Bonchev–Trinajstić information content (AvgIpc) is 2.75. The first-order chi connectivity index (χ1) is 6.75. The zero-order chi connectivity index (χ0) is 9.97. The third kappa shape index (κ3) is 2.37. The standard InChI is InChI=1S/C12H20O2/c1-9-6-11(8-14-9)12(13)7-10-4-2-3-5-10/h2-3,9-13H,4-8H2,1H3. The van der Waals surface area contributed by atoms with Crippen LogP contribution in [0.4, 0.5) is 0 Å². The van der Waals surface area contributed by atoms with Crippen LogP contribution in [-0.2, 0) is 4.74 Å². The number of allylic oxidation sites excluding steroid dienone is 2. The minimum atomic E-state index is -0.148. The smallest absolute Gasteiger partial charge is 0.0594 e. The van der Waals surface area contributed by atoms with Gasteiger partial charge in [0.2, 0.25) is 0 Å². The Balaban J connectivity index is 1.74. The summed E-state index contributed by atoms with van der Waals surface area (Å²) in [6.45, 7) is 2.84. The molecule has 1 fully saturated rings. The summed E-state index contributed by atoms with van der Waals surface area (Å²) in [5.74, 6) is 1.06. The highest BCUT2D eigenvalue weighted by molar-refractivity contribution is 4.95. The monoisotopic (exact) mass is 196 g/mol. The second-order valence-corrected chi connectivity index (χ2v) is 4.75. The molecule has 1 aliphatic heterocycles. The van der Waals surface area contributed by atoms with E-state index in [0.29, 0.717) is 17.9 Å². The number of hydrogen-bond acceptors (Lipinski definition) is 2. The van der Waals surface area contributed by atoms with Gasteiger partial charge in [-0.05, 0) is 38.5 Å². The average molecular weight is 196 g/mol. The fourth-order valence-corrected chi connectivity index (χ4v) is 2.52. The van der Waals surface area contributed by atoms with Crippen LogP contribution in [-0.4, -0.2) is 23.9 Å². The molecule has 0 aromatic carbocycles. The maximum absolute atomic E-state index is 10.0. The molecule has 0 amide bonds. The Labute approximate surface area is 86.0 Å². The lowest BCUT2D eigenvalue weighted by atomic mass is 9.90. The lowest BCUT2D eigenvalue weighted by Crippen LogP contribution is -2.23. The molecular formula is C12H20O2. The topological polar surface area (TPSA) is 29.5 Å². The second-order valence-electron chi connectivity index (χ2n) is 4.75. The molecule has 0 radical (unpaired) electrons. The van der Waals surface area contributed by atoms with Gasteiger partial charge in [-0.25, -0.2) is 0 Å². The summed E-state index contributed by atoms with van der Waals surface area (Å²) in [7, 11) is 0. The number of aliphatic hydroxyl groups is 1. The van der Waals surface area contributed by atoms with E-state index in [1.54, 1.807) is 0 Å². The summed E-state index contributed by atoms with van der Waals surface area (Å²) < 4.78 is 5.48. The van der Waals surface area contributed by atoms with Crippen LogP contribution in [0.5, 0.6) is 0 Å². The molecular weight excluding hydrogens is 176 g/mol. The van der Waals surface area contributed by atoms with Crippen molar-refractivity contribution >= 4 is 0 Å². The third-order valence-electron chi connectivity index (χ3n) is 3.45. The number of ether oxygens (including phenoxy) is 1. The van der Waals surface area contributed by atoms with Crippen LogP contribution in [0.1, 0.15) is 32.6 Å². The first-order valence-corrected chi connectivity index (χ1v) is 5.70. The number of aliphatic hydroxyl groups excluding tert-OH is 1. The summed E-state index contributed by atoms with van der Waals surface area (Å²) in [5.41, 5.74) is 0. The third-order valence-corrected chi connectivity index (χ3v) is 3.45. The Bertz CT molecular complexity index is 204. The summed E-state index contributed by atoms with van der Waals surface area (Å²) in [6.07, 6.45) is 8.94. The van der Waals surface area contributed by atoms with Crippen molar-refractivity contribution in [3.8, 4) is 0 Å². The highest BCUT2D eigenvalue weighted by Crippen LogP contribution is 2.29. The van der Waals surface area contributed by atoms with Crippen molar-refractivity contribution < 1.29 is 9.84 Å². The molecule has 1 N–H and O–H groups in total. The molecule has 0 spiro atoms. The van der Waals surface area contributed by atoms with Crippen molar-refractivity contribution in [3.05, 3.63) is 12.2 Å². The molecule has 2 heteroatoms. The van der Waals surface area contributed by atoms with E-state index >= 15 is 0 Å². The van der Waals surface area contributed by atoms with E-state index < -0.39 is 0 Å². The molecule has 2 aliphatic rings. The molecule has 0 saturated carbocycles. The molecule has 1 saturated heterocycles. The van der Waals surface area contributed by atoms with Crippen LogP contribution in [0, 0.1) is 11.8 Å². The van der Waals surface area contributed by atoms with Gasteiger partial charge in [-0.15, -0.1) is 0 Å². The van der Waals surface area contributed by atoms with Gasteiger partial charge in [0.1, 0.15) is 0 Å². The van der Waals surface area contributed by atoms with E-state index in [-0.39, 0.29) is 6.10 Å². The van der Waals surface area contributed by atoms with E-state index in [1.807, 2.05) is 0 Å². The number of rotatable bonds is 3. The van der Waals surface area contributed by atoms with Crippen LogP contribution in [0.15, 0.2) is 12.2 Å². The Hall–Kier alpha value is -0.340. The zero-order valence-corrected chi connectivity index (χ0v) is 8.86. The molecule has 0 aromatic rings. The molecule has 2 nitrogen and oxygen atoms in total. The van der Waals surface area contributed by atoms with Crippen LogP contribution < -0.4 is 0 Å².